The molecule has 0 fully saturated rings. The molecule has 0 aliphatic heterocycles. The molecular weight excluding hydrogens is 496 g/mol. The Labute approximate surface area is 216 Å². The van der Waals surface area contributed by atoms with E-state index < -0.39 is 28.4 Å². The van der Waals surface area contributed by atoms with Crippen molar-refractivity contribution in [3.63, 3.8) is 0 Å². The third-order valence-corrected chi connectivity index (χ3v) is 9.16. The number of carbonyl (C=O) groups excluding carboxylic acids is 2. The molecule has 36 heavy (non-hydrogen) atoms. The van der Waals surface area contributed by atoms with Crippen molar-refractivity contribution < 1.29 is 22.7 Å². The Kier molecular flexibility index (Phi) is 7.51. The summed E-state index contributed by atoms with van der Waals surface area (Å²) in [4.78, 5) is 27.2. The van der Waals surface area contributed by atoms with E-state index >= 15 is 0 Å². The molecule has 3 aromatic rings. The number of anilines is 2. The Balaban J connectivity index is 1.70. The second-order valence-electron chi connectivity index (χ2n) is 8.94. The van der Waals surface area contributed by atoms with Crippen molar-refractivity contribution in [1.29, 1.82) is 0 Å². The van der Waals surface area contributed by atoms with Crippen molar-refractivity contribution in [3.05, 3.63) is 75.2 Å². The van der Waals surface area contributed by atoms with E-state index in [9.17, 15) is 18.0 Å². The molecule has 7 nitrogen and oxygen atoms in total. The maximum Gasteiger partial charge on any atom is 0.341 e. The molecule has 0 saturated carbocycles. The number of amides is 1. The molecule has 0 atom stereocenters. The first-order valence-corrected chi connectivity index (χ1v) is 14.2. The summed E-state index contributed by atoms with van der Waals surface area (Å²) in [6.45, 7) is 7.09. The fourth-order valence-corrected chi connectivity index (χ4v) is 7.10. The molecule has 0 spiro atoms. The van der Waals surface area contributed by atoms with E-state index in [1.807, 2.05) is 32.9 Å². The molecular formula is C27H30N2O5S2. The summed E-state index contributed by atoms with van der Waals surface area (Å²) in [6, 6.07) is 12.0. The van der Waals surface area contributed by atoms with Crippen LogP contribution in [0.25, 0.3) is 0 Å². The van der Waals surface area contributed by atoms with Crippen LogP contribution in [0.5, 0.6) is 0 Å². The van der Waals surface area contributed by atoms with E-state index in [2.05, 4.69) is 5.32 Å². The monoisotopic (exact) mass is 526 g/mol. The lowest BCUT2D eigenvalue weighted by Crippen LogP contribution is -2.38. The minimum atomic E-state index is -4.04. The molecule has 0 radical (unpaired) electrons. The SMILES string of the molecule is CCOC(=O)c1c(NC(=O)CN(c2cc(C)ccc2C)S(=O)(=O)c2ccc(C)cc2)sc2c1CCC2. The van der Waals surface area contributed by atoms with Gasteiger partial charge < -0.3 is 10.1 Å². The number of nitrogens with zero attached hydrogens (tertiary/aromatic N) is 1. The predicted molar refractivity (Wildman–Crippen MR) is 143 cm³/mol. The molecule has 1 N–H and O–H groups in total. The summed E-state index contributed by atoms with van der Waals surface area (Å²) >= 11 is 1.36. The van der Waals surface area contributed by atoms with E-state index in [4.69, 9.17) is 4.74 Å². The van der Waals surface area contributed by atoms with Crippen LogP contribution in [0, 0.1) is 20.8 Å². The summed E-state index contributed by atoms with van der Waals surface area (Å²) in [7, 11) is -4.04. The van der Waals surface area contributed by atoms with Crippen molar-refractivity contribution in [2.24, 2.45) is 0 Å². The molecule has 0 unspecified atom stereocenters. The molecule has 1 aromatic heterocycles. The first kappa shape index (κ1) is 25.9. The number of esters is 1. The molecule has 1 amide bonds. The zero-order valence-electron chi connectivity index (χ0n) is 20.9. The zero-order valence-corrected chi connectivity index (χ0v) is 22.5. The quantitative estimate of drug-likeness (QED) is 0.409. The summed E-state index contributed by atoms with van der Waals surface area (Å²) < 4.78 is 33.9. The number of carbonyl (C=O) groups is 2. The van der Waals surface area contributed by atoms with E-state index in [1.165, 1.54) is 11.3 Å². The highest BCUT2D eigenvalue weighted by Crippen LogP contribution is 2.39. The Morgan fingerprint density at radius 2 is 1.72 bits per heavy atom. The summed E-state index contributed by atoms with van der Waals surface area (Å²) in [6.07, 6.45) is 2.56. The van der Waals surface area contributed by atoms with Gasteiger partial charge in [0, 0.05) is 4.88 Å². The fraction of sp³-hybridized carbons (Fsp3) is 0.333. The Morgan fingerprint density at radius 3 is 2.42 bits per heavy atom. The van der Waals surface area contributed by atoms with Crippen LogP contribution in [0.1, 0.15) is 50.8 Å². The minimum Gasteiger partial charge on any atom is -0.462 e. The number of nitrogens with one attached hydrogen (secondary N) is 1. The number of benzene rings is 2. The normalized spacial score (nSPS) is 12.8. The second-order valence-corrected chi connectivity index (χ2v) is 11.9. The number of fused-ring (bicyclic) bond motifs is 1. The van der Waals surface area contributed by atoms with E-state index in [-0.39, 0.29) is 11.5 Å². The van der Waals surface area contributed by atoms with Crippen molar-refractivity contribution in [2.75, 3.05) is 22.8 Å². The van der Waals surface area contributed by atoms with Crippen molar-refractivity contribution in [1.82, 2.24) is 0 Å². The summed E-state index contributed by atoms with van der Waals surface area (Å²) in [5.74, 6) is -0.997. The van der Waals surface area contributed by atoms with Gasteiger partial charge in [-0.05, 0) is 81.8 Å². The van der Waals surface area contributed by atoms with E-state index in [1.54, 1.807) is 37.3 Å². The Morgan fingerprint density at radius 1 is 1.03 bits per heavy atom. The number of ether oxygens (including phenoxy) is 1. The average molecular weight is 527 g/mol. The largest absolute Gasteiger partial charge is 0.462 e. The summed E-state index contributed by atoms with van der Waals surface area (Å²) in [5.41, 5.74) is 4.29. The molecule has 1 heterocycles. The Bertz CT molecular complexity index is 1410. The molecule has 190 valence electrons. The van der Waals surface area contributed by atoms with Gasteiger partial charge in [-0.25, -0.2) is 13.2 Å². The standard InChI is InChI=1S/C27H30N2O5S2/c1-5-34-27(31)25-21-7-6-8-23(21)35-26(25)28-24(30)16-29(22-15-18(3)9-12-19(22)4)36(32,33)20-13-10-17(2)11-14-20/h9-15H,5-8,16H2,1-4H3,(H,28,30). The van der Waals surface area contributed by atoms with Crippen molar-refractivity contribution in [2.45, 2.75) is 51.9 Å². The number of rotatable bonds is 8. The second kappa shape index (κ2) is 10.4. The highest BCUT2D eigenvalue weighted by Gasteiger charge is 2.31. The van der Waals surface area contributed by atoms with Crippen LogP contribution < -0.4 is 9.62 Å². The van der Waals surface area contributed by atoms with E-state index in [0.29, 0.717) is 16.3 Å². The number of hydrogen-bond donors (Lipinski definition) is 1. The van der Waals surface area contributed by atoms with Gasteiger partial charge in [-0.2, -0.15) is 0 Å². The van der Waals surface area contributed by atoms with Crippen LogP contribution in [0.4, 0.5) is 10.7 Å². The number of thiophene rings is 1. The fourth-order valence-electron chi connectivity index (χ4n) is 4.33. The zero-order chi connectivity index (χ0) is 26.0. The summed E-state index contributed by atoms with van der Waals surface area (Å²) in [5, 5.41) is 3.23. The van der Waals surface area contributed by atoms with Gasteiger partial charge in [-0.1, -0.05) is 29.8 Å². The highest BCUT2D eigenvalue weighted by atomic mass is 32.2. The van der Waals surface area contributed by atoms with E-state index in [0.717, 1.165) is 50.7 Å². The lowest BCUT2D eigenvalue weighted by Gasteiger charge is -2.26. The minimum absolute atomic E-state index is 0.101. The molecule has 2 aromatic carbocycles. The molecule has 0 saturated heterocycles. The van der Waals surface area contributed by atoms with Crippen LogP contribution in [0.2, 0.25) is 0 Å². The van der Waals surface area contributed by atoms with Gasteiger partial charge in [0.05, 0.1) is 22.8 Å². The van der Waals surface area contributed by atoms with Gasteiger partial charge in [-0.3, -0.25) is 9.10 Å². The smallest absolute Gasteiger partial charge is 0.341 e. The van der Waals surface area contributed by atoms with Crippen molar-refractivity contribution in [3.8, 4) is 0 Å². The van der Waals surface area contributed by atoms with Gasteiger partial charge in [-0.15, -0.1) is 11.3 Å². The van der Waals surface area contributed by atoms with Crippen LogP contribution in [-0.4, -0.2) is 33.4 Å². The first-order valence-electron chi connectivity index (χ1n) is 11.9. The topological polar surface area (TPSA) is 92.8 Å². The molecule has 1 aliphatic rings. The van der Waals surface area contributed by atoms with Gasteiger partial charge in [0.25, 0.3) is 10.0 Å². The first-order chi connectivity index (χ1) is 17.1. The van der Waals surface area contributed by atoms with Crippen LogP contribution >= 0.6 is 11.3 Å². The lowest BCUT2D eigenvalue weighted by atomic mass is 10.1. The predicted octanol–water partition coefficient (Wildman–Crippen LogP) is 5.17. The maximum atomic E-state index is 13.7. The van der Waals surface area contributed by atoms with Crippen LogP contribution in [-0.2, 0) is 32.4 Å². The third kappa shape index (κ3) is 5.17. The molecule has 0 bridgehead atoms. The third-order valence-electron chi connectivity index (χ3n) is 6.18. The number of hydrogen-bond acceptors (Lipinski definition) is 6. The highest BCUT2D eigenvalue weighted by molar-refractivity contribution is 7.92. The average Bonchev–Trinajstić information content (AvgIpc) is 3.40. The maximum absolute atomic E-state index is 13.7. The number of aryl methyl sites for hydroxylation is 4. The van der Waals surface area contributed by atoms with Crippen molar-refractivity contribution >= 4 is 43.9 Å². The van der Waals surface area contributed by atoms with Gasteiger partial charge >= 0.3 is 5.97 Å². The molecule has 1 aliphatic carbocycles. The van der Waals surface area contributed by atoms with Crippen LogP contribution in [0.3, 0.4) is 0 Å². The van der Waals surface area contributed by atoms with Crippen LogP contribution in [0.15, 0.2) is 47.4 Å². The van der Waals surface area contributed by atoms with Gasteiger partial charge in [0.15, 0.2) is 0 Å². The Hall–Kier alpha value is -3.17. The van der Waals surface area contributed by atoms with Gasteiger partial charge in [0.1, 0.15) is 11.5 Å². The number of sulfonamides is 1. The molecule has 4 rings (SSSR count). The lowest BCUT2D eigenvalue weighted by molar-refractivity contribution is -0.114. The molecule has 9 heteroatoms. The van der Waals surface area contributed by atoms with Gasteiger partial charge in [0.2, 0.25) is 5.91 Å².